The maximum atomic E-state index is 12.6. The first-order valence-electron chi connectivity index (χ1n) is 6.98. The minimum atomic E-state index is -4.34. The van der Waals surface area contributed by atoms with Gasteiger partial charge in [0.1, 0.15) is 0 Å². The summed E-state index contributed by atoms with van der Waals surface area (Å²) in [7, 11) is 1.92. The maximum Gasteiger partial charge on any atom is 0.416 e. The van der Waals surface area contributed by atoms with Crippen molar-refractivity contribution < 1.29 is 13.2 Å². The van der Waals surface area contributed by atoms with Crippen molar-refractivity contribution in [2.24, 2.45) is 5.92 Å². The highest BCUT2D eigenvalue weighted by molar-refractivity contribution is 5.68. The lowest BCUT2D eigenvalue weighted by atomic mass is 9.86. The van der Waals surface area contributed by atoms with Crippen LogP contribution in [-0.4, -0.2) is 13.1 Å². The van der Waals surface area contributed by atoms with Gasteiger partial charge in [0.25, 0.3) is 0 Å². The Balaban J connectivity index is 2.20. The fourth-order valence-electron chi connectivity index (χ4n) is 3.00. The first-order chi connectivity index (χ1) is 9.29. The van der Waals surface area contributed by atoms with E-state index in [0.29, 0.717) is 17.6 Å². The van der Waals surface area contributed by atoms with Crippen LogP contribution in [0.2, 0.25) is 0 Å². The molecule has 1 aliphatic rings. The molecule has 20 heavy (non-hydrogen) atoms. The van der Waals surface area contributed by atoms with Crippen LogP contribution in [0.3, 0.4) is 0 Å². The van der Waals surface area contributed by atoms with Gasteiger partial charge in [0.2, 0.25) is 0 Å². The SMILES string of the molecule is CC1CCCC(N(C)c2ccc(C(F)(F)F)cc2N)C1. The first kappa shape index (κ1) is 15.0. The third-order valence-electron chi connectivity index (χ3n) is 4.19. The number of benzene rings is 1. The number of hydrogen-bond donors (Lipinski definition) is 1. The number of nitrogens with two attached hydrogens (primary N) is 1. The van der Waals surface area contributed by atoms with E-state index < -0.39 is 11.7 Å². The van der Waals surface area contributed by atoms with Gasteiger partial charge in [-0.2, -0.15) is 13.2 Å². The molecule has 0 aliphatic heterocycles. The van der Waals surface area contributed by atoms with Crippen LogP contribution in [0.5, 0.6) is 0 Å². The van der Waals surface area contributed by atoms with Gasteiger partial charge in [-0.15, -0.1) is 0 Å². The molecule has 2 atom stereocenters. The molecule has 2 N–H and O–H groups in total. The molecule has 0 amide bonds. The maximum absolute atomic E-state index is 12.6. The third-order valence-corrected chi connectivity index (χ3v) is 4.19. The topological polar surface area (TPSA) is 29.3 Å². The lowest BCUT2D eigenvalue weighted by Crippen LogP contribution is -2.36. The van der Waals surface area contributed by atoms with Crippen molar-refractivity contribution in [2.45, 2.75) is 44.8 Å². The van der Waals surface area contributed by atoms with Gasteiger partial charge in [0.05, 0.1) is 16.9 Å². The zero-order valence-electron chi connectivity index (χ0n) is 11.9. The summed E-state index contributed by atoms with van der Waals surface area (Å²) < 4.78 is 37.9. The van der Waals surface area contributed by atoms with Gasteiger partial charge in [-0.05, 0) is 37.0 Å². The van der Waals surface area contributed by atoms with Crippen molar-refractivity contribution in [3.8, 4) is 0 Å². The van der Waals surface area contributed by atoms with Crippen LogP contribution in [0, 0.1) is 5.92 Å². The molecule has 5 heteroatoms. The van der Waals surface area contributed by atoms with E-state index in [1.54, 1.807) is 0 Å². The minimum absolute atomic E-state index is 0.195. The number of hydrogen-bond acceptors (Lipinski definition) is 2. The molecule has 1 aromatic carbocycles. The number of alkyl halides is 3. The highest BCUT2D eigenvalue weighted by Gasteiger charge is 2.31. The lowest BCUT2D eigenvalue weighted by molar-refractivity contribution is -0.137. The van der Waals surface area contributed by atoms with E-state index in [9.17, 15) is 13.2 Å². The highest BCUT2D eigenvalue weighted by Crippen LogP contribution is 2.36. The Morgan fingerprint density at radius 3 is 2.50 bits per heavy atom. The number of anilines is 2. The predicted octanol–water partition coefficient (Wildman–Crippen LogP) is 4.30. The van der Waals surface area contributed by atoms with Gasteiger partial charge < -0.3 is 10.6 Å². The van der Waals surface area contributed by atoms with Crippen LogP contribution in [0.25, 0.3) is 0 Å². The Kier molecular flexibility index (Phi) is 4.16. The molecule has 0 heterocycles. The second kappa shape index (κ2) is 5.54. The fourth-order valence-corrected chi connectivity index (χ4v) is 3.00. The normalized spacial score (nSPS) is 23.6. The average molecular weight is 286 g/mol. The summed E-state index contributed by atoms with van der Waals surface area (Å²) in [4.78, 5) is 2.03. The van der Waals surface area contributed by atoms with Crippen molar-refractivity contribution in [3.05, 3.63) is 23.8 Å². The fraction of sp³-hybridized carbons (Fsp3) is 0.600. The smallest absolute Gasteiger partial charge is 0.397 e. The minimum Gasteiger partial charge on any atom is -0.397 e. The van der Waals surface area contributed by atoms with Gasteiger partial charge in [0, 0.05) is 13.1 Å². The molecule has 0 saturated heterocycles. The lowest BCUT2D eigenvalue weighted by Gasteiger charge is -2.36. The summed E-state index contributed by atoms with van der Waals surface area (Å²) in [6.45, 7) is 2.22. The van der Waals surface area contributed by atoms with E-state index in [2.05, 4.69) is 6.92 Å². The largest absolute Gasteiger partial charge is 0.416 e. The van der Waals surface area contributed by atoms with E-state index in [0.717, 1.165) is 31.4 Å². The molecule has 1 saturated carbocycles. The Bertz CT molecular complexity index is 471. The van der Waals surface area contributed by atoms with Gasteiger partial charge in [-0.3, -0.25) is 0 Å². The number of nitrogen functional groups attached to an aromatic ring is 1. The van der Waals surface area contributed by atoms with E-state index in [-0.39, 0.29) is 5.69 Å². The number of nitrogens with zero attached hydrogens (tertiary/aromatic N) is 1. The van der Waals surface area contributed by atoms with Crippen molar-refractivity contribution in [3.63, 3.8) is 0 Å². The molecule has 0 bridgehead atoms. The quantitative estimate of drug-likeness (QED) is 0.821. The zero-order chi connectivity index (χ0) is 14.9. The molecule has 112 valence electrons. The molecule has 1 aromatic rings. The van der Waals surface area contributed by atoms with E-state index >= 15 is 0 Å². The van der Waals surface area contributed by atoms with Crippen LogP contribution in [0.4, 0.5) is 24.5 Å². The molecule has 2 unspecified atom stereocenters. The van der Waals surface area contributed by atoms with Crippen LogP contribution in [0.15, 0.2) is 18.2 Å². The van der Waals surface area contributed by atoms with Crippen LogP contribution in [-0.2, 0) is 6.18 Å². The Morgan fingerprint density at radius 1 is 1.25 bits per heavy atom. The van der Waals surface area contributed by atoms with Crippen LogP contribution < -0.4 is 10.6 Å². The van der Waals surface area contributed by atoms with E-state index in [1.807, 2.05) is 11.9 Å². The second-order valence-electron chi connectivity index (χ2n) is 5.81. The third kappa shape index (κ3) is 3.19. The summed E-state index contributed by atoms with van der Waals surface area (Å²) in [6, 6.07) is 3.97. The first-order valence-corrected chi connectivity index (χ1v) is 6.98. The molecule has 0 aromatic heterocycles. The highest BCUT2D eigenvalue weighted by atomic mass is 19.4. The Labute approximate surface area is 117 Å². The summed E-state index contributed by atoms with van der Waals surface area (Å²) >= 11 is 0. The summed E-state index contributed by atoms with van der Waals surface area (Å²) in [5.41, 5.74) is 6.01. The monoisotopic (exact) mass is 286 g/mol. The molecule has 0 spiro atoms. The standard InChI is InChI=1S/C15H21F3N2/c1-10-4-3-5-12(8-10)20(2)14-7-6-11(9-13(14)19)15(16,17)18/h6-7,9-10,12H,3-5,8,19H2,1-2H3. The second-order valence-corrected chi connectivity index (χ2v) is 5.81. The van der Waals surface area contributed by atoms with E-state index in [4.69, 9.17) is 5.73 Å². The Morgan fingerprint density at radius 2 is 1.95 bits per heavy atom. The zero-order valence-corrected chi connectivity index (χ0v) is 11.9. The predicted molar refractivity (Wildman–Crippen MR) is 75.7 cm³/mol. The molecule has 1 fully saturated rings. The molecule has 2 rings (SSSR count). The summed E-state index contributed by atoms with van der Waals surface area (Å²) in [5, 5.41) is 0. The van der Waals surface area contributed by atoms with Crippen molar-refractivity contribution in [2.75, 3.05) is 17.7 Å². The molecule has 2 nitrogen and oxygen atoms in total. The average Bonchev–Trinajstić information content (AvgIpc) is 2.36. The number of rotatable bonds is 2. The van der Waals surface area contributed by atoms with Crippen molar-refractivity contribution in [1.82, 2.24) is 0 Å². The molecule has 1 aliphatic carbocycles. The molecular formula is C15H21F3N2. The van der Waals surface area contributed by atoms with Crippen LogP contribution >= 0.6 is 0 Å². The van der Waals surface area contributed by atoms with Gasteiger partial charge in [0.15, 0.2) is 0 Å². The molecular weight excluding hydrogens is 265 g/mol. The van der Waals surface area contributed by atoms with Gasteiger partial charge in [-0.25, -0.2) is 0 Å². The van der Waals surface area contributed by atoms with Crippen LogP contribution in [0.1, 0.15) is 38.2 Å². The van der Waals surface area contributed by atoms with Gasteiger partial charge in [-0.1, -0.05) is 19.8 Å². The van der Waals surface area contributed by atoms with Gasteiger partial charge >= 0.3 is 6.18 Å². The summed E-state index contributed by atoms with van der Waals surface area (Å²) in [5.74, 6) is 0.659. The van der Waals surface area contributed by atoms with E-state index in [1.165, 1.54) is 12.5 Å². The van der Waals surface area contributed by atoms with Crippen molar-refractivity contribution >= 4 is 11.4 Å². The Hall–Kier alpha value is -1.39. The molecule has 0 radical (unpaired) electrons. The number of halogens is 3. The van der Waals surface area contributed by atoms with Crippen molar-refractivity contribution in [1.29, 1.82) is 0 Å². The summed E-state index contributed by atoms with van der Waals surface area (Å²) in [6.07, 6.45) is 0.187.